The van der Waals surface area contributed by atoms with Gasteiger partial charge in [0.25, 0.3) is 0 Å². The molecule has 43 heavy (non-hydrogen) atoms. The van der Waals surface area contributed by atoms with Gasteiger partial charge in [0.05, 0.1) is 0 Å². The standard InChI is InChI=1S/C30H25N3O9S/c1-17(34)39-23-14-13-21(15-24(23)40-18(2)35)27(42-33-25(28(36)37)22-16-43-30(31)32-22)29(38)41-26(19-9-5-3-6-10-19)20-11-7-4-8-12-20/h3-16,26-27H,1-2H3,(H2,31,32)(H,36,37)/b33-25+/t27-/m0/s1. The molecule has 1 atom stereocenters. The molecule has 0 unspecified atom stereocenters. The average molecular weight is 604 g/mol. The van der Waals surface area contributed by atoms with Gasteiger partial charge in [-0.1, -0.05) is 71.9 Å². The first-order valence-electron chi connectivity index (χ1n) is 12.6. The SMILES string of the molecule is CC(=O)Oc1ccc([C@H](O/N=C(/C(=O)O)c2csc(N)n2)C(=O)OC(c2ccccc2)c2ccccc2)cc1OC(C)=O. The van der Waals surface area contributed by atoms with Gasteiger partial charge in [0.1, 0.15) is 5.69 Å². The number of thiazole rings is 1. The maximum atomic E-state index is 13.8. The smallest absolute Gasteiger partial charge is 0.360 e. The number of ether oxygens (including phenoxy) is 3. The van der Waals surface area contributed by atoms with E-state index in [9.17, 15) is 24.3 Å². The number of carboxylic acids is 1. The number of nitrogens with two attached hydrogens (primary N) is 1. The Bertz CT molecular complexity index is 1620. The summed E-state index contributed by atoms with van der Waals surface area (Å²) in [5.41, 5.74) is 6.29. The Kier molecular flexibility index (Phi) is 9.81. The number of carboxylic acid groups (broad SMARTS) is 1. The summed E-state index contributed by atoms with van der Waals surface area (Å²) in [5, 5.41) is 15.0. The summed E-state index contributed by atoms with van der Waals surface area (Å²) < 4.78 is 16.3. The lowest BCUT2D eigenvalue weighted by Gasteiger charge is -2.22. The lowest BCUT2D eigenvalue weighted by Crippen LogP contribution is -2.23. The highest BCUT2D eigenvalue weighted by Crippen LogP contribution is 2.35. The van der Waals surface area contributed by atoms with Crippen molar-refractivity contribution < 1.29 is 43.3 Å². The molecule has 220 valence electrons. The number of rotatable bonds is 11. The Hall–Kier alpha value is -5.56. The summed E-state index contributed by atoms with van der Waals surface area (Å²) >= 11 is 0.990. The fraction of sp³-hybridized carbons (Fsp3) is 0.133. The van der Waals surface area contributed by atoms with E-state index in [-0.39, 0.29) is 27.9 Å². The number of oxime groups is 1. The normalized spacial score (nSPS) is 11.8. The topological polar surface area (TPSA) is 177 Å². The molecule has 0 amide bonds. The molecule has 0 fully saturated rings. The molecule has 13 heteroatoms. The van der Waals surface area contributed by atoms with Gasteiger partial charge in [0.15, 0.2) is 22.7 Å². The number of aliphatic carboxylic acids is 1. The summed E-state index contributed by atoms with van der Waals surface area (Å²) in [6, 6.07) is 21.8. The van der Waals surface area contributed by atoms with Crippen LogP contribution in [0, 0.1) is 0 Å². The molecule has 0 aliphatic heterocycles. The summed E-state index contributed by atoms with van der Waals surface area (Å²) in [4.78, 5) is 58.7. The van der Waals surface area contributed by atoms with Gasteiger partial charge in [0, 0.05) is 24.8 Å². The summed E-state index contributed by atoms with van der Waals surface area (Å²) in [6.45, 7) is 2.30. The second-order valence-electron chi connectivity index (χ2n) is 8.83. The van der Waals surface area contributed by atoms with Gasteiger partial charge < -0.3 is 29.9 Å². The fourth-order valence-corrected chi connectivity index (χ4v) is 4.41. The van der Waals surface area contributed by atoms with Crippen LogP contribution in [-0.4, -0.2) is 39.7 Å². The number of aromatic nitrogens is 1. The monoisotopic (exact) mass is 603 g/mol. The van der Waals surface area contributed by atoms with Crippen LogP contribution in [0.1, 0.15) is 48.4 Å². The van der Waals surface area contributed by atoms with Gasteiger partial charge in [-0.2, -0.15) is 0 Å². The summed E-state index contributed by atoms with van der Waals surface area (Å²) in [5.74, 6) is -4.16. The molecule has 0 aliphatic rings. The van der Waals surface area contributed by atoms with Crippen molar-refractivity contribution in [2.45, 2.75) is 26.1 Å². The van der Waals surface area contributed by atoms with E-state index >= 15 is 0 Å². The molecule has 4 aromatic rings. The number of hydrogen-bond acceptors (Lipinski definition) is 12. The van der Waals surface area contributed by atoms with Crippen LogP contribution >= 0.6 is 11.3 Å². The second-order valence-corrected chi connectivity index (χ2v) is 9.72. The number of esters is 3. The van der Waals surface area contributed by atoms with Crippen LogP contribution in [0.2, 0.25) is 0 Å². The molecular weight excluding hydrogens is 578 g/mol. The number of carbonyl (C=O) groups excluding carboxylic acids is 3. The van der Waals surface area contributed by atoms with Crippen molar-refractivity contribution in [3.8, 4) is 11.5 Å². The van der Waals surface area contributed by atoms with Crippen LogP contribution in [0.15, 0.2) is 89.4 Å². The summed E-state index contributed by atoms with van der Waals surface area (Å²) in [6.07, 6.45) is -2.56. The van der Waals surface area contributed by atoms with Crippen LogP contribution in [-0.2, 0) is 28.8 Å². The van der Waals surface area contributed by atoms with E-state index in [1.54, 1.807) is 48.5 Å². The first-order chi connectivity index (χ1) is 20.6. The molecule has 0 saturated heterocycles. The zero-order valence-electron chi connectivity index (χ0n) is 22.8. The Labute approximate surface area is 249 Å². The number of nitrogen functional groups attached to an aromatic ring is 1. The van der Waals surface area contributed by atoms with Crippen molar-refractivity contribution in [1.82, 2.24) is 4.98 Å². The van der Waals surface area contributed by atoms with Gasteiger partial charge in [0.2, 0.25) is 11.8 Å². The van der Waals surface area contributed by atoms with Gasteiger partial charge >= 0.3 is 23.9 Å². The van der Waals surface area contributed by atoms with Crippen LogP contribution in [0.25, 0.3) is 0 Å². The Morgan fingerprint density at radius 3 is 1.93 bits per heavy atom. The van der Waals surface area contributed by atoms with Crippen LogP contribution in [0.5, 0.6) is 11.5 Å². The van der Waals surface area contributed by atoms with Gasteiger partial charge in [-0.3, -0.25) is 9.59 Å². The molecule has 1 heterocycles. The number of hydrogen-bond donors (Lipinski definition) is 2. The molecule has 0 spiro atoms. The molecule has 1 aromatic heterocycles. The highest BCUT2D eigenvalue weighted by atomic mass is 32.1. The maximum Gasteiger partial charge on any atom is 0.360 e. The van der Waals surface area contributed by atoms with Crippen molar-refractivity contribution in [1.29, 1.82) is 0 Å². The third-order valence-electron chi connectivity index (χ3n) is 5.65. The molecular formula is C30H25N3O9S. The number of benzene rings is 3. The lowest BCUT2D eigenvalue weighted by molar-refractivity contribution is -0.162. The fourth-order valence-electron chi connectivity index (χ4n) is 3.86. The Morgan fingerprint density at radius 2 is 1.42 bits per heavy atom. The third kappa shape index (κ3) is 8.01. The van der Waals surface area contributed by atoms with Crippen LogP contribution in [0.4, 0.5) is 5.13 Å². The molecule has 12 nitrogen and oxygen atoms in total. The van der Waals surface area contributed by atoms with E-state index in [4.69, 9.17) is 24.8 Å². The number of anilines is 1. The van der Waals surface area contributed by atoms with E-state index in [1.165, 1.54) is 23.6 Å². The second kappa shape index (κ2) is 13.9. The molecule has 0 radical (unpaired) electrons. The van der Waals surface area contributed by atoms with E-state index < -0.39 is 41.8 Å². The van der Waals surface area contributed by atoms with E-state index in [0.717, 1.165) is 25.2 Å². The molecule has 3 aromatic carbocycles. The predicted octanol–water partition coefficient (Wildman–Crippen LogP) is 4.46. The van der Waals surface area contributed by atoms with Gasteiger partial charge in [-0.15, -0.1) is 11.3 Å². The minimum absolute atomic E-state index is 0.0447. The lowest BCUT2D eigenvalue weighted by atomic mass is 10.0. The van der Waals surface area contributed by atoms with Crippen molar-refractivity contribution >= 4 is 46.1 Å². The molecule has 0 saturated carbocycles. The molecule has 3 N–H and O–H groups in total. The van der Waals surface area contributed by atoms with E-state index in [0.29, 0.717) is 11.1 Å². The van der Waals surface area contributed by atoms with E-state index in [1.807, 2.05) is 12.1 Å². The third-order valence-corrected chi connectivity index (χ3v) is 6.32. The van der Waals surface area contributed by atoms with Gasteiger partial charge in [-0.25, -0.2) is 14.6 Å². The zero-order chi connectivity index (χ0) is 30.9. The quantitative estimate of drug-likeness (QED) is 0.107. The van der Waals surface area contributed by atoms with Crippen molar-refractivity contribution in [3.63, 3.8) is 0 Å². The maximum absolute atomic E-state index is 13.8. The average Bonchev–Trinajstić information content (AvgIpc) is 3.40. The minimum Gasteiger partial charge on any atom is -0.476 e. The van der Waals surface area contributed by atoms with Gasteiger partial charge in [-0.05, 0) is 23.3 Å². The highest BCUT2D eigenvalue weighted by molar-refractivity contribution is 7.13. The first-order valence-corrected chi connectivity index (χ1v) is 13.5. The van der Waals surface area contributed by atoms with Crippen LogP contribution < -0.4 is 15.2 Å². The number of nitrogens with zero attached hydrogens (tertiary/aromatic N) is 2. The highest BCUT2D eigenvalue weighted by Gasteiger charge is 2.31. The minimum atomic E-state index is -1.68. The number of carbonyl (C=O) groups is 4. The van der Waals surface area contributed by atoms with Crippen molar-refractivity contribution in [2.24, 2.45) is 5.16 Å². The molecule has 4 rings (SSSR count). The zero-order valence-corrected chi connectivity index (χ0v) is 23.6. The first kappa shape index (κ1) is 30.4. The molecule has 0 aliphatic carbocycles. The Morgan fingerprint density at radius 1 is 0.837 bits per heavy atom. The largest absolute Gasteiger partial charge is 0.476 e. The van der Waals surface area contributed by atoms with Crippen LogP contribution in [0.3, 0.4) is 0 Å². The Balaban J connectivity index is 1.78. The van der Waals surface area contributed by atoms with Crippen molar-refractivity contribution in [3.05, 3.63) is 107 Å². The van der Waals surface area contributed by atoms with E-state index in [2.05, 4.69) is 10.1 Å². The predicted molar refractivity (Wildman–Crippen MR) is 154 cm³/mol. The summed E-state index contributed by atoms with van der Waals surface area (Å²) in [7, 11) is 0. The van der Waals surface area contributed by atoms with Crippen molar-refractivity contribution in [2.75, 3.05) is 5.73 Å². The molecule has 0 bridgehead atoms.